The first-order valence-electron chi connectivity index (χ1n) is 6.97. The highest BCUT2D eigenvalue weighted by atomic mass is 32.1. The molecule has 2 N–H and O–H groups in total. The second-order valence-corrected chi connectivity index (χ2v) is 5.69. The van der Waals surface area contributed by atoms with Crippen LogP contribution in [0.3, 0.4) is 0 Å². The highest BCUT2D eigenvalue weighted by Crippen LogP contribution is 2.20. The maximum atomic E-state index is 13.6. The van der Waals surface area contributed by atoms with Gasteiger partial charge in [0.1, 0.15) is 17.3 Å². The van der Waals surface area contributed by atoms with Gasteiger partial charge in [-0.1, -0.05) is 29.8 Å². The van der Waals surface area contributed by atoms with Crippen LogP contribution in [0.15, 0.2) is 36.4 Å². The van der Waals surface area contributed by atoms with E-state index in [4.69, 9.17) is 12.2 Å². The summed E-state index contributed by atoms with van der Waals surface area (Å²) in [6.45, 7) is 6.00. The number of anilines is 1. The molecule has 0 bridgehead atoms. The SMILES string of the molecule is Cc1ccc([C@@H](C)NC(=S)Nc2c(F)cccc2F)c(C)c1. The minimum Gasteiger partial charge on any atom is -0.356 e. The monoisotopic (exact) mass is 320 g/mol. The molecule has 2 rings (SSSR count). The number of benzene rings is 2. The first-order valence-corrected chi connectivity index (χ1v) is 7.38. The summed E-state index contributed by atoms with van der Waals surface area (Å²) in [4.78, 5) is 0. The molecule has 0 radical (unpaired) electrons. The lowest BCUT2D eigenvalue weighted by atomic mass is 10.0. The first kappa shape index (κ1) is 16.4. The molecule has 0 spiro atoms. The van der Waals surface area contributed by atoms with E-state index in [9.17, 15) is 8.78 Å². The summed E-state index contributed by atoms with van der Waals surface area (Å²) in [6.07, 6.45) is 0. The summed E-state index contributed by atoms with van der Waals surface area (Å²) in [5.74, 6) is -1.35. The fraction of sp³-hybridized carbons (Fsp3) is 0.235. The quantitative estimate of drug-likeness (QED) is 0.806. The molecule has 0 unspecified atom stereocenters. The number of para-hydroxylation sites is 1. The third kappa shape index (κ3) is 3.80. The number of hydrogen-bond donors (Lipinski definition) is 2. The van der Waals surface area contributed by atoms with Gasteiger partial charge in [-0.25, -0.2) is 8.78 Å². The second-order valence-electron chi connectivity index (χ2n) is 5.28. The summed E-state index contributed by atoms with van der Waals surface area (Å²) in [5, 5.41) is 5.80. The topological polar surface area (TPSA) is 24.1 Å². The van der Waals surface area contributed by atoms with Crippen molar-refractivity contribution in [3.05, 3.63) is 64.7 Å². The Bertz CT molecular complexity index is 681. The Balaban J connectivity index is 2.08. The Morgan fingerprint density at radius 1 is 1.09 bits per heavy atom. The average molecular weight is 320 g/mol. The van der Waals surface area contributed by atoms with E-state index >= 15 is 0 Å². The van der Waals surface area contributed by atoms with Gasteiger partial charge in [-0.05, 0) is 56.2 Å². The molecule has 22 heavy (non-hydrogen) atoms. The van der Waals surface area contributed by atoms with E-state index in [0.717, 1.165) is 11.1 Å². The van der Waals surface area contributed by atoms with E-state index in [1.54, 1.807) is 0 Å². The van der Waals surface area contributed by atoms with Gasteiger partial charge in [-0.15, -0.1) is 0 Å². The largest absolute Gasteiger partial charge is 0.356 e. The molecule has 0 heterocycles. The summed E-state index contributed by atoms with van der Waals surface area (Å²) >= 11 is 5.15. The van der Waals surface area contributed by atoms with Crippen molar-refractivity contribution < 1.29 is 8.78 Å². The van der Waals surface area contributed by atoms with Crippen LogP contribution in [0.4, 0.5) is 14.5 Å². The Labute approximate surface area is 134 Å². The Morgan fingerprint density at radius 2 is 1.73 bits per heavy atom. The molecular weight excluding hydrogens is 302 g/mol. The van der Waals surface area contributed by atoms with Gasteiger partial charge in [0, 0.05) is 0 Å². The molecule has 0 aromatic heterocycles. The van der Waals surface area contributed by atoms with E-state index in [1.807, 2.05) is 32.9 Å². The number of rotatable bonds is 3. The fourth-order valence-corrected chi connectivity index (χ4v) is 2.63. The van der Waals surface area contributed by atoms with Crippen LogP contribution in [0.5, 0.6) is 0 Å². The van der Waals surface area contributed by atoms with E-state index in [0.29, 0.717) is 0 Å². The average Bonchev–Trinajstić information content (AvgIpc) is 2.42. The van der Waals surface area contributed by atoms with Crippen molar-refractivity contribution in [3.63, 3.8) is 0 Å². The van der Waals surface area contributed by atoms with Gasteiger partial charge in [-0.2, -0.15) is 0 Å². The van der Waals surface area contributed by atoms with E-state index in [2.05, 4.69) is 16.7 Å². The summed E-state index contributed by atoms with van der Waals surface area (Å²) in [7, 11) is 0. The van der Waals surface area contributed by atoms with Crippen LogP contribution in [0, 0.1) is 25.5 Å². The Kier molecular flexibility index (Phi) is 5.08. The van der Waals surface area contributed by atoms with Gasteiger partial charge in [-0.3, -0.25) is 0 Å². The molecule has 2 aromatic carbocycles. The van der Waals surface area contributed by atoms with Gasteiger partial charge in [0.15, 0.2) is 5.11 Å². The zero-order valence-electron chi connectivity index (χ0n) is 12.7. The van der Waals surface area contributed by atoms with Crippen LogP contribution in [0.1, 0.15) is 29.7 Å². The van der Waals surface area contributed by atoms with Gasteiger partial charge in [0.25, 0.3) is 0 Å². The zero-order valence-corrected chi connectivity index (χ0v) is 13.5. The van der Waals surface area contributed by atoms with Crippen molar-refractivity contribution >= 4 is 23.0 Å². The van der Waals surface area contributed by atoms with Gasteiger partial charge in [0.05, 0.1) is 6.04 Å². The second kappa shape index (κ2) is 6.83. The molecule has 1 atom stereocenters. The minimum atomic E-state index is -0.677. The van der Waals surface area contributed by atoms with E-state index < -0.39 is 11.6 Å². The highest BCUT2D eigenvalue weighted by Gasteiger charge is 2.13. The molecule has 2 aromatic rings. The van der Waals surface area contributed by atoms with E-state index in [1.165, 1.54) is 23.8 Å². The Hall–Kier alpha value is -2.01. The van der Waals surface area contributed by atoms with Crippen LogP contribution in [0.2, 0.25) is 0 Å². The standard InChI is InChI=1S/C17H18F2N2S/c1-10-7-8-13(11(2)9-10)12(3)20-17(22)21-16-14(18)5-4-6-15(16)19/h4-9,12H,1-3H3,(H2,20,21,22)/t12-/m1/s1. The third-order valence-electron chi connectivity index (χ3n) is 3.44. The van der Waals surface area contributed by atoms with E-state index in [-0.39, 0.29) is 16.8 Å². The van der Waals surface area contributed by atoms with Crippen LogP contribution in [-0.4, -0.2) is 5.11 Å². The number of aryl methyl sites for hydroxylation is 2. The molecule has 0 amide bonds. The number of halogens is 2. The smallest absolute Gasteiger partial charge is 0.171 e. The minimum absolute atomic E-state index is 0.0737. The van der Waals surface area contributed by atoms with Gasteiger partial charge >= 0.3 is 0 Å². The maximum Gasteiger partial charge on any atom is 0.171 e. The Morgan fingerprint density at radius 3 is 2.32 bits per heavy atom. The lowest BCUT2D eigenvalue weighted by Crippen LogP contribution is -2.31. The van der Waals surface area contributed by atoms with Gasteiger partial charge in [0.2, 0.25) is 0 Å². The van der Waals surface area contributed by atoms with Crippen molar-refractivity contribution in [1.29, 1.82) is 0 Å². The summed E-state index contributed by atoms with van der Waals surface area (Å²) in [6, 6.07) is 9.73. The molecule has 0 aliphatic rings. The first-order chi connectivity index (χ1) is 10.4. The van der Waals surface area contributed by atoms with Crippen molar-refractivity contribution in [3.8, 4) is 0 Å². The molecule has 0 aliphatic carbocycles. The van der Waals surface area contributed by atoms with Crippen LogP contribution in [0.25, 0.3) is 0 Å². The number of nitrogens with one attached hydrogen (secondary N) is 2. The van der Waals surface area contributed by atoms with Crippen molar-refractivity contribution in [2.24, 2.45) is 0 Å². The predicted octanol–water partition coefficient (Wildman–Crippen LogP) is 4.63. The molecule has 0 saturated carbocycles. The molecule has 0 fully saturated rings. The van der Waals surface area contributed by atoms with Crippen LogP contribution >= 0.6 is 12.2 Å². The normalized spacial score (nSPS) is 11.9. The van der Waals surface area contributed by atoms with Crippen molar-refractivity contribution in [2.75, 3.05) is 5.32 Å². The molecule has 0 aliphatic heterocycles. The zero-order chi connectivity index (χ0) is 16.3. The summed E-state index contributed by atoms with van der Waals surface area (Å²) in [5.41, 5.74) is 3.17. The maximum absolute atomic E-state index is 13.6. The third-order valence-corrected chi connectivity index (χ3v) is 3.66. The molecule has 2 nitrogen and oxygen atoms in total. The highest BCUT2D eigenvalue weighted by molar-refractivity contribution is 7.80. The lowest BCUT2D eigenvalue weighted by molar-refractivity contribution is 0.590. The predicted molar refractivity (Wildman–Crippen MR) is 90.0 cm³/mol. The lowest BCUT2D eigenvalue weighted by Gasteiger charge is -2.19. The van der Waals surface area contributed by atoms with Crippen molar-refractivity contribution in [2.45, 2.75) is 26.8 Å². The van der Waals surface area contributed by atoms with Crippen LogP contribution < -0.4 is 10.6 Å². The molecular formula is C17H18F2N2S. The van der Waals surface area contributed by atoms with Crippen molar-refractivity contribution in [1.82, 2.24) is 5.32 Å². The summed E-state index contributed by atoms with van der Waals surface area (Å²) < 4.78 is 27.2. The van der Waals surface area contributed by atoms with Crippen LogP contribution in [-0.2, 0) is 0 Å². The molecule has 0 saturated heterocycles. The molecule has 116 valence electrons. The number of hydrogen-bond acceptors (Lipinski definition) is 1. The molecule has 5 heteroatoms. The number of thiocarbonyl (C=S) groups is 1. The van der Waals surface area contributed by atoms with Gasteiger partial charge < -0.3 is 10.6 Å². The fourth-order valence-electron chi connectivity index (χ4n) is 2.35.